The third-order valence-corrected chi connectivity index (χ3v) is 15.7. The van der Waals surface area contributed by atoms with Crippen molar-refractivity contribution >= 4 is 24.1 Å². The molecule has 0 spiro atoms. The van der Waals surface area contributed by atoms with Crippen LogP contribution in [0.5, 0.6) is 0 Å². The van der Waals surface area contributed by atoms with Crippen molar-refractivity contribution in [2.75, 3.05) is 13.1 Å². The van der Waals surface area contributed by atoms with Gasteiger partial charge in [-0.25, -0.2) is 9.59 Å². The molecule has 4 aliphatic carbocycles. The average Bonchev–Trinajstić information content (AvgIpc) is 3.51. The van der Waals surface area contributed by atoms with Crippen molar-refractivity contribution in [1.29, 1.82) is 0 Å². The molecule has 4 aliphatic rings. The molecule has 3 amide bonds. The van der Waals surface area contributed by atoms with Crippen LogP contribution in [0.15, 0.2) is 11.6 Å². The number of nitrogens with one attached hydrogen (secondary N) is 2. The first kappa shape index (κ1) is 53.8. The van der Waals surface area contributed by atoms with E-state index < -0.39 is 17.3 Å². The van der Waals surface area contributed by atoms with E-state index in [4.69, 9.17) is 14.2 Å². The maximum Gasteiger partial charge on any atom is 0.407 e. The van der Waals surface area contributed by atoms with Gasteiger partial charge >= 0.3 is 18.2 Å². The summed E-state index contributed by atoms with van der Waals surface area (Å²) in [5.74, 6) is 3.95. The third kappa shape index (κ3) is 16.8. The number of ether oxygens (including phenoxy) is 3. The van der Waals surface area contributed by atoms with Crippen LogP contribution >= 0.6 is 0 Å². The number of fused-ring (bicyclic) bond motifs is 5. The van der Waals surface area contributed by atoms with Gasteiger partial charge in [0.25, 0.3) is 0 Å². The van der Waals surface area contributed by atoms with E-state index in [0.717, 1.165) is 87.4 Å². The molecule has 0 heterocycles. The van der Waals surface area contributed by atoms with E-state index in [1.54, 1.807) is 0 Å². The number of nitrogens with zero attached hydrogens (tertiary/aromatic N) is 1. The standard InChI is InChI=1S/C54H95N3O7/c1-38(2)21-17-18-23-41-27-29-45-44-28-26-42-37-43(30-33-54(42,12)46(44)31-34-53(41,45)11)62-48(59)25-20-24-47(58)57(36-32-40(4)56-50(61)64-52(8,9)10)35-19-15-13-14-16-22-39(3)55-49(60)63-51(5,6)7/h26,38-41,43-46H,13-25,27-37H2,1-12H3,(H,55,60)(H,56,61). The minimum atomic E-state index is -0.586. The van der Waals surface area contributed by atoms with Crippen LogP contribution in [0.1, 0.15) is 224 Å². The Kier molecular flexibility index (Phi) is 20.4. The van der Waals surface area contributed by atoms with Crippen molar-refractivity contribution in [1.82, 2.24) is 15.5 Å². The maximum atomic E-state index is 13.7. The van der Waals surface area contributed by atoms with Crippen molar-refractivity contribution in [3.8, 4) is 0 Å². The molecule has 0 bridgehead atoms. The van der Waals surface area contributed by atoms with Crippen molar-refractivity contribution in [2.45, 2.75) is 254 Å². The molecule has 0 radical (unpaired) electrons. The predicted molar refractivity (Wildman–Crippen MR) is 259 cm³/mol. The Labute approximate surface area is 390 Å². The van der Waals surface area contributed by atoms with Crippen LogP contribution in [0.4, 0.5) is 9.59 Å². The van der Waals surface area contributed by atoms with Gasteiger partial charge < -0.3 is 29.7 Å². The topological polar surface area (TPSA) is 123 Å². The molecule has 64 heavy (non-hydrogen) atoms. The summed E-state index contributed by atoms with van der Waals surface area (Å²) in [7, 11) is 0. The zero-order valence-electron chi connectivity index (χ0n) is 43.0. The fourth-order valence-corrected chi connectivity index (χ4v) is 12.2. The summed E-state index contributed by atoms with van der Waals surface area (Å²) in [4.78, 5) is 53.3. The monoisotopic (exact) mass is 898 g/mol. The Morgan fingerprint density at radius 2 is 1.33 bits per heavy atom. The molecular weight excluding hydrogens is 803 g/mol. The van der Waals surface area contributed by atoms with Crippen molar-refractivity contribution in [3.63, 3.8) is 0 Å². The number of alkyl carbamates (subject to hydrolysis) is 2. The van der Waals surface area contributed by atoms with Crippen molar-refractivity contribution < 1.29 is 33.4 Å². The fourth-order valence-electron chi connectivity index (χ4n) is 12.2. The predicted octanol–water partition coefficient (Wildman–Crippen LogP) is 13.2. The van der Waals surface area contributed by atoms with E-state index in [0.29, 0.717) is 37.8 Å². The molecule has 10 heteroatoms. The van der Waals surface area contributed by atoms with Crippen LogP contribution in [0, 0.1) is 40.4 Å². The Morgan fingerprint density at radius 3 is 1.98 bits per heavy atom. The van der Waals surface area contributed by atoms with Gasteiger partial charge in [-0.3, -0.25) is 9.59 Å². The highest BCUT2D eigenvalue weighted by molar-refractivity contribution is 5.77. The van der Waals surface area contributed by atoms with Crippen molar-refractivity contribution in [2.24, 2.45) is 40.4 Å². The molecule has 2 N–H and O–H groups in total. The summed E-state index contributed by atoms with van der Waals surface area (Å²) in [6.45, 7) is 26.1. The van der Waals surface area contributed by atoms with Gasteiger partial charge in [0, 0.05) is 44.4 Å². The highest BCUT2D eigenvalue weighted by atomic mass is 16.6. The highest BCUT2D eigenvalue weighted by Gasteiger charge is 2.58. The normalized spacial score (nSPS) is 27.6. The third-order valence-electron chi connectivity index (χ3n) is 15.7. The second-order valence-electron chi connectivity index (χ2n) is 23.8. The maximum absolute atomic E-state index is 13.7. The van der Waals surface area contributed by atoms with Gasteiger partial charge in [0.15, 0.2) is 0 Å². The Morgan fingerprint density at radius 1 is 0.703 bits per heavy atom. The lowest BCUT2D eigenvalue weighted by atomic mass is 9.47. The van der Waals surface area contributed by atoms with Crippen LogP contribution in [-0.2, 0) is 23.8 Å². The van der Waals surface area contributed by atoms with E-state index in [-0.39, 0.29) is 48.0 Å². The molecule has 4 rings (SSSR count). The van der Waals surface area contributed by atoms with Gasteiger partial charge in [0.2, 0.25) is 5.91 Å². The summed E-state index contributed by atoms with van der Waals surface area (Å²) in [6.07, 6.45) is 24.3. The summed E-state index contributed by atoms with van der Waals surface area (Å²) in [6, 6.07) is -0.124. The first-order valence-electron chi connectivity index (χ1n) is 26.1. The van der Waals surface area contributed by atoms with Crippen LogP contribution < -0.4 is 10.6 Å². The summed E-state index contributed by atoms with van der Waals surface area (Å²) < 4.78 is 17.0. The number of carbonyl (C=O) groups excluding carboxylic acids is 4. The quantitative estimate of drug-likeness (QED) is 0.0453. The van der Waals surface area contributed by atoms with Gasteiger partial charge in [0.05, 0.1) is 0 Å². The molecule has 368 valence electrons. The van der Waals surface area contributed by atoms with Gasteiger partial charge in [0.1, 0.15) is 17.3 Å². The minimum Gasteiger partial charge on any atom is -0.462 e. The van der Waals surface area contributed by atoms with Crippen LogP contribution in [-0.4, -0.2) is 71.4 Å². The van der Waals surface area contributed by atoms with E-state index in [9.17, 15) is 19.2 Å². The number of esters is 1. The fraction of sp³-hybridized carbons (Fsp3) is 0.889. The molecule has 3 fully saturated rings. The Balaban J connectivity index is 1.21. The molecule has 0 aliphatic heterocycles. The summed E-state index contributed by atoms with van der Waals surface area (Å²) in [5.41, 5.74) is 1.16. The molecule has 9 unspecified atom stereocenters. The summed E-state index contributed by atoms with van der Waals surface area (Å²) in [5, 5.41) is 5.83. The molecule has 10 nitrogen and oxygen atoms in total. The van der Waals surface area contributed by atoms with Crippen LogP contribution in [0.25, 0.3) is 0 Å². The van der Waals surface area contributed by atoms with E-state index in [1.807, 2.05) is 60.3 Å². The Hall–Kier alpha value is -2.78. The van der Waals surface area contributed by atoms with Crippen LogP contribution in [0.3, 0.4) is 0 Å². The molecule has 0 saturated heterocycles. The number of amides is 3. The van der Waals surface area contributed by atoms with E-state index in [2.05, 4.69) is 44.4 Å². The van der Waals surface area contributed by atoms with Gasteiger partial charge in [-0.15, -0.1) is 0 Å². The minimum absolute atomic E-state index is 0.0398. The lowest BCUT2D eigenvalue weighted by Crippen LogP contribution is -2.50. The zero-order valence-corrected chi connectivity index (χ0v) is 43.0. The first-order valence-corrected chi connectivity index (χ1v) is 26.1. The lowest BCUT2D eigenvalue weighted by molar-refractivity contribution is -0.151. The molecule has 9 atom stereocenters. The highest BCUT2D eigenvalue weighted by Crippen LogP contribution is 2.67. The second kappa shape index (κ2) is 24.3. The Bertz CT molecular complexity index is 1530. The molecule has 0 aromatic rings. The second-order valence-corrected chi connectivity index (χ2v) is 23.8. The SMILES string of the molecule is CC(C)CCCCC1CCC2C3CC=C4CC(OC(=O)CCCC(=O)N(CCCCCCCC(C)NC(=O)OC(C)(C)C)CCC(C)NC(=O)OC(C)(C)C)CCC4(C)C3CCC12C. The molecule has 0 aromatic heterocycles. The van der Waals surface area contributed by atoms with Crippen LogP contribution in [0.2, 0.25) is 0 Å². The summed E-state index contributed by atoms with van der Waals surface area (Å²) >= 11 is 0. The van der Waals surface area contributed by atoms with Gasteiger partial charge in [-0.05, 0) is 173 Å². The van der Waals surface area contributed by atoms with E-state index in [1.165, 1.54) is 63.4 Å². The van der Waals surface area contributed by atoms with Gasteiger partial charge in [-0.2, -0.15) is 0 Å². The number of rotatable bonds is 23. The number of hydrogen-bond acceptors (Lipinski definition) is 7. The number of carbonyl (C=O) groups is 4. The average molecular weight is 898 g/mol. The smallest absolute Gasteiger partial charge is 0.407 e. The number of allylic oxidation sites excluding steroid dienone is 1. The first-order chi connectivity index (χ1) is 30.0. The van der Waals surface area contributed by atoms with E-state index >= 15 is 0 Å². The molecule has 0 aromatic carbocycles. The molecular formula is C54H95N3O7. The van der Waals surface area contributed by atoms with Crippen molar-refractivity contribution in [3.05, 3.63) is 11.6 Å². The largest absolute Gasteiger partial charge is 0.462 e. The zero-order chi connectivity index (χ0) is 47.3. The molecule has 3 saturated carbocycles. The lowest BCUT2D eigenvalue weighted by Gasteiger charge is -2.58. The number of unbranched alkanes of at least 4 members (excludes halogenated alkanes) is 5. The number of hydrogen-bond donors (Lipinski definition) is 2. The van der Waals surface area contributed by atoms with Gasteiger partial charge in [-0.1, -0.05) is 84.3 Å².